The van der Waals surface area contributed by atoms with Gasteiger partial charge in [-0.3, -0.25) is 9.79 Å². The lowest BCUT2D eigenvalue weighted by molar-refractivity contribution is 0.0963. The molecule has 0 radical (unpaired) electrons. The molecule has 5 nitrogen and oxygen atoms in total. The van der Waals surface area contributed by atoms with Gasteiger partial charge in [-0.05, 0) is 43.9 Å². The Morgan fingerprint density at radius 2 is 2.00 bits per heavy atom. The molecule has 3 N–H and O–H groups in total. The van der Waals surface area contributed by atoms with E-state index in [1.165, 1.54) is 32.1 Å². The highest BCUT2D eigenvalue weighted by Gasteiger charge is 2.14. The number of hydrogen-bond acceptors (Lipinski definition) is 2. The number of carbonyl (C=O) groups excluding carboxylic acids is 1. The number of rotatable bonds is 6. The van der Waals surface area contributed by atoms with Crippen LogP contribution < -0.4 is 16.0 Å². The quantitative estimate of drug-likeness (QED) is 0.349. The topological polar surface area (TPSA) is 65.5 Å². The number of benzene rings is 1. The molecule has 0 saturated heterocycles. The molecule has 0 atom stereocenters. The van der Waals surface area contributed by atoms with E-state index >= 15 is 0 Å². The standard InChI is InChI=1S/C19H30N4O.HI/c1-3-21-19(23-17-10-5-4-6-11-17)22-13-12-15-8-7-9-16(14-15)18(24)20-2;/h7-9,14,17H,3-6,10-13H2,1-2H3,(H,20,24)(H2,21,22,23);1H. The highest BCUT2D eigenvalue weighted by Crippen LogP contribution is 2.17. The van der Waals surface area contributed by atoms with Gasteiger partial charge in [-0.2, -0.15) is 0 Å². The van der Waals surface area contributed by atoms with Crippen LogP contribution in [-0.4, -0.2) is 38.0 Å². The van der Waals surface area contributed by atoms with Crippen molar-refractivity contribution in [3.05, 3.63) is 35.4 Å². The van der Waals surface area contributed by atoms with E-state index in [1.54, 1.807) is 7.05 Å². The summed E-state index contributed by atoms with van der Waals surface area (Å²) in [4.78, 5) is 16.4. The monoisotopic (exact) mass is 458 g/mol. The Balaban J connectivity index is 0.00000312. The Morgan fingerprint density at radius 3 is 2.68 bits per heavy atom. The molecule has 0 bridgehead atoms. The van der Waals surface area contributed by atoms with E-state index in [2.05, 4.69) is 22.9 Å². The third-order valence-corrected chi connectivity index (χ3v) is 4.38. The third kappa shape index (κ3) is 7.63. The van der Waals surface area contributed by atoms with Crippen LogP contribution in [0.3, 0.4) is 0 Å². The van der Waals surface area contributed by atoms with Crippen LogP contribution in [0.25, 0.3) is 0 Å². The molecule has 0 aliphatic heterocycles. The van der Waals surface area contributed by atoms with E-state index in [0.717, 1.165) is 24.5 Å². The molecular weight excluding hydrogens is 427 g/mol. The maximum atomic E-state index is 11.7. The molecule has 1 amide bonds. The summed E-state index contributed by atoms with van der Waals surface area (Å²) in [7, 11) is 1.65. The van der Waals surface area contributed by atoms with Crippen molar-refractivity contribution < 1.29 is 4.79 Å². The second kappa shape index (κ2) is 12.1. The number of amides is 1. The molecule has 1 fully saturated rings. The molecule has 6 heteroatoms. The molecule has 1 aliphatic rings. The molecule has 0 spiro atoms. The van der Waals surface area contributed by atoms with Crippen LogP contribution in [0.4, 0.5) is 0 Å². The number of aliphatic imine (C=N–C) groups is 1. The molecule has 2 rings (SSSR count). The van der Waals surface area contributed by atoms with Crippen LogP contribution in [-0.2, 0) is 6.42 Å². The van der Waals surface area contributed by atoms with E-state index in [9.17, 15) is 4.79 Å². The van der Waals surface area contributed by atoms with Crippen LogP contribution in [0.1, 0.15) is 54.9 Å². The van der Waals surface area contributed by atoms with Gasteiger partial charge in [0.15, 0.2) is 5.96 Å². The number of nitrogens with zero attached hydrogens (tertiary/aromatic N) is 1. The first-order valence-corrected chi connectivity index (χ1v) is 9.08. The minimum atomic E-state index is -0.0485. The number of carbonyl (C=O) groups is 1. The largest absolute Gasteiger partial charge is 0.357 e. The fourth-order valence-corrected chi connectivity index (χ4v) is 3.07. The second-order valence-corrected chi connectivity index (χ2v) is 6.27. The molecule has 1 aromatic rings. The van der Waals surface area contributed by atoms with Crippen molar-refractivity contribution in [3.63, 3.8) is 0 Å². The summed E-state index contributed by atoms with van der Waals surface area (Å²) in [6.45, 7) is 3.66. The molecule has 1 saturated carbocycles. The summed E-state index contributed by atoms with van der Waals surface area (Å²) in [6, 6.07) is 8.29. The minimum Gasteiger partial charge on any atom is -0.357 e. The fourth-order valence-electron chi connectivity index (χ4n) is 3.07. The van der Waals surface area contributed by atoms with Crippen LogP contribution in [0.15, 0.2) is 29.3 Å². The average Bonchev–Trinajstić information content (AvgIpc) is 2.62. The van der Waals surface area contributed by atoms with Gasteiger partial charge < -0.3 is 16.0 Å². The van der Waals surface area contributed by atoms with Crippen molar-refractivity contribution in [1.29, 1.82) is 0 Å². The zero-order valence-electron chi connectivity index (χ0n) is 15.3. The van der Waals surface area contributed by atoms with E-state index in [4.69, 9.17) is 4.99 Å². The summed E-state index contributed by atoms with van der Waals surface area (Å²) < 4.78 is 0. The SMILES string of the molecule is CCNC(=NCCc1cccc(C(=O)NC)c1)NC1CCCCC1.I. The van der Waals surface area contributed by atoms with Crippen LogP contribution in [0.2, 0.25) is 0 Å². The van der Waals surface area contributed by atoms with Gasteiger partial charge in [0, 0.05) is 31.7 Å². The highest BCUT2D eigenvalue weighted by atomic mass is 127. The number of halogens is 1. The van der Waals surface area contributed by atoms with Gasteiger partial charge in [-0.1, -0.05) is 31.4 Å². The number of guanidine groups is 1. The van der Waals surface area contributed by atoms with Crippen LogP contribution >= 0.6 is 24.0 Å². The average molecular weight is 458 g/mol. The Bertz CT molecular complexity index is 556. The van der Waals surface area contributed by atoms with E-state index in [1.807, 2.05) is 24.3 Å². The lowest BCUT2D eigenvalue weighted by Gasteiger charge is -2.24. The molecule has 1 aromatic carbocycles. The summed E-state index contributed by atoms with van der Waals surface area (Å²) >= 11 is 0. The van der Waals surface area contributed by atoms with Crippen molar-refractivity contribution in [2.75, 3.05) is 20.1 Å². The second-order valence-electron chi connectivity index (χ2n) is 6.27. The Morgan fingerprint density at radius 1 is 1.24 bits per heavy atom. The number of nitrogens with one attached hydrogen (secondary N) is 3. The summed E-state index contributed by atoms with van der Waals surface area (Å²) in [5, 5.41) is 9.54. The predicted octanol–water partition coefficient (Wildman–Crippen LogP) is 3.09. The van der Waals surface area contributed by atoms with Crippen molar-refractivity contribution in [2.45, 2.75) is 51.5 Å². The lowest BCUT2D eigenvalue weighted by atomic mass is 9.96. The Hall–Kier alpha value is -1.31. The zero-order valence-corrected chi connectivity index (χ0v) is 17.6. The van der Waals surface area contributed by atoms with Gasteiger partial charge in [0.05, 0.1) is 0 Å². The van der Waals surface area contributed by atoms with Gasteiger partial charge in [0.2, 0.25) is 0 Å². The van der Waals surface area contributed by atoms with Crippen molar-refractivity contribution >= 4 is 35.8 Å². The first kappa shape index (κ1) is 21.7. The van der Waals surface area contributed by atoms with Gasteiger partial charge in [0.25, 0.3) is 5.91 Å². The van der Waals surface area contributed by atoms with E-state index in [-0.39, 0.29) is 29.9 Å². The van der Waals surface area contributed by atoms with Crippen molar-refractivity contribution in [1.82, 2.24) is 16.0 Å². The van der Waals surface area contributed by atoms with E-state index < -0.39 is 0 Å². The Labute approximate surface area is 168 Å². The smallest absolute Gasteiger partial charge is 0.251 e. The number of hydrogen-bond donors (Lipinski definition) is 3. The van der Waals surface area contributed by atoms with E-state index in [0.29, 0.717) is 18.2 Å². The summed E-state index contributed by atoms with van der Waals surface area (Å²) in [6.07, 6.45) is 7.27. The first-order chi connectivity index (χ1) is 11.7. The Kier molecular flexibility index (Phi) is 10.5. The summed E-state index contributed by atoms with van der Waals surface area (Å²) in [5.74, 6) is 0.861. The summed E-state index contributed by atoms with van der Waals surface area (Å²) in [5.41, 5.74) is 1.83. The van der Waals surface area contributed by atoms with Crippen LogP contribution in [0, 0.1) is 0 Å². The zero-order chi connectivity index (χ0) is 17.2. The third-order valence-electron chi connectivity index (χ3n) is 4.38. The fraction of sp³-hybridized carbons (Fsp3) is 0.579. The lowest BCUT2D eigenvalue weighted by Crippen LogP contribution is -2.44. The van der Waals surface area contributed by atoms with Crippen molar-refractivity contribution in [3.8, 4) is 0 Å². The normalized spacial score (nSPS) is 15.2. The molecule has 1 aliphatic carbocycles. The molecular formula is C19H31IN4O. The maximum absolute atomic E-state index is 11.7. The maximum Gasteiger partial charge on any atom is 0.251 e. The van der Waals surface area contributed by atoms with Crippen LogP contribution in [0.5, 0.6) is 0 Å². The molecule has 0 unspecified atom stereocenters. The molecule has 25 heavy (non-hydrogen) atoms. The minimum absolute atomic E-state index is 0. The van der Waals surface area contributed by atoms with Gasteiger partial charge in [-0.25, -0.2) is 0 Å². The predicted molar refractivity (Wildman–Crippen MR) is 115 cm³/mol. The molecule has 140 valence electrons. The van der Waals surface area contributed by atoms with Crippen molar-refractivity contribution in [2.24, 2.45) is 4.99 Å². The molecule has 0 aromatic heterocycles. The highest BCUT2D eigenvalue weighted by molar-refractivity contribution is 14.0. The van der Waals surface area contributed by atoms with Gasteiger partial charge in [0.1, 0.15) is 0 Å². The molecule has 0 heterocycles. The first-order valence-electron chi connectivity index (χ1n) is 9.08. The van der Waals surface area contributed by atoms with Gasteiger partial charge in [-0.15, -0.1) is 24.0 Å². The van der Waals surface area contributed by atoms with Gasteiger partial charge >= 0.3 is 0 Å².